The van der Waals surface area contributed by atoms with Gasteiger partial charge in [-0.2, -0.15) is 0 Å². The zero-order chi connectivity index (χ0) is 18.4. The van der Waals surface area contributed by atoms with Gasteiger partial charge in [-0.25, -0.2) is 0 Å². The summed E-state index contributed by atoms with van der Waals surface area (Å²) in [5.74, 6) is 0.213. The van der Waals surface area contributed by atoms with Crippen LogP contribution in [-0.2, 0) is 0 Å². The molecular formula is C21H20N3O2S+. The molecule has 136 valence electrons. The zero-order valence-corrected chi connectivity index (χ0v) is 15.7. The second-order valence-corrected chi connectivity index (χ2v) is 8.04. The summed E-state index contributed by atoms with van der Waals surface area (Å²) in [6, 6.07) is 15.8. The summed E-state index contributed by atoms with van der Waals surface area (Å²) in [7, 11) is 0. The van der Waals surface area contributed by atoms with Gasteiger partial charge in [0.2, 0.25) is 0 Å². The van der Waals surface area contributed by atoms with E-state index in [1.54, 1.807) is 0 Å². The summed E-state index contributed by atoms with van der Waals surface area (Å²) in [5, 5.41) is 4.12. The third kappa shape index (κ3) is 2.72. The molecule has 0 spiro atoms. The van der Waals surface area contributed by atoms with Gasteiger partial charge >= 0.3 is 0 Å². The lowest BCUT2D eigenvalue weighted by Gasteiger charge is -2.34. The molecule has 0 bridgehead atoms. The first-order valence-corrected chi connectivity index (χ1v) is 10.1. The molecule has 0 aliphatic carbocycles. The molecule has 0 radical (unpaired) electrons. The van der Waals surface area contributed by atoms with E-state index in [1.165, 1.54) is 16.2 Å². The van der Waals surface area contributed by atoms with Gasteiger partial charge in [0.05, 0.1) is 42.3 Å². The van der Waals surface area contributed by atoms with Gasteiger partial charge in [0.15, 0.2) is 6.67 Å². The van der Waals surface area contributed by atoms with Crippen LogP contribution in [-0.4, -0.2) is 49.6 Å². The van der Waals surface area contributed by atoms with E-state index in [0.29, 0.717) is 6.67 Å². The number of thiophene rings is 1. The predicted octanol–water partition coefficient (Wildman–Crippen LogP) is 1.86. The van der Waals surface area contributed by atoms with E-state index >= 15 is 0 Å². The summed E-state index contributed by atoms with van der Waals surface area (Å²) >= 11 is 1.49. The van der Waals surface area contributed by atoms with E-state index < -0.39 is 0 Å². The Morgan fingerprint density at radius 3 is 2.56 bits per heavy atom. The van der Waals surface area contributed by atoms with Crippen LogP contribution in [0.1, 0.15) is 20.0 Å². The van der Waals surface area contributed by atoms with Crippen molar-refractivity contribution < 1.29 is 14.5 Å². The molecule has 0 atom stereocenters. The molecule has 0 saturated carbocycles. The average molecular weight is 378 g/mol. The van der Waals surface area contributed by atoms with Crippen molar-refractivity contribution in [1.29, 1.82) is 0 Å². The lowest BCUT2D eigenvalue weighted by molar-refractivity contribution is -0.902. The van der Waals surface area contributed by atoms with E-state index in [2.05, 4.69) is 12.1 Å². The van der Waals surface area contributed by atoms with Crippen molar-refractivity contribution in [3.63, 3.8) is 0 Å². The predicted molar refractivity (Wildman–Crippen MR) is 107 cm³/mol. The monoisotopic (exact) mass is 378 g/mol. The molecule has 5 nitrogen and oxygen atoms in total. The lowest BCUT2D eigenvalue weighted by atomic mass is 10.1. The molecule has 2 aromatic carbocycles. The number of hydrogen-bond donors (Lipinski definition) is 1. The summed E-state index contributed by atoms with van der Waals surface area (Å²) in [6.45, 7) is 3.81. The molecule has 2 aliphatic rings. The van der Waals surface area contributed by atoms with Crippen LogP contribution >= 0.6 is 11.3 Å². The Kier molecular flexibility index (Phi) is 3.95. The highest BCUT2D eigenvalue weighted by Crippen LogP contribution is 2.36. The summed E-state index contributed by atoms with van der Waals surface area (Å²) in [4.78, 5) is 31.4. The largest absolute Gasteiger partial charge is 0.327 e. The van der Waals surface area contributed by atoms with E-state index in [9.17, 15) is 9.59 Å². The molecule has 27 heavy (non-hydrogen) atoms. The Morgan fingerprint density at radius 2 is 1.81 bits per heavy atom. The molecule has 3 heterocycles. The molecule has 2 amide bonds. The molecular weight excluding hydrogens is 358 g/mol. The maximum atomic E-state index is 12.9. The maximum Gasteiger partial charge on any atom is 0.264 e. The van der Waals surface area contributed by atoms with Crippen molar-refractivity contribution in [2.45, 2.75) is 0 Å². The minimum Gasteiger partial charge on any atom is -0.327 e. The van der Waals surface area contributed by atoms with Gasteiger partial charge < -0.3 is 9.80 Å². The van der Waals surface area contributed by atoms with Crippen LogP contribution in [0.3, 0.4) is 0 Å². The van der Waals surface area contributed by atoms with Crippen molar-refractivity contribution in [2.24, 2.45) is 0 Å². The van der Waals surface area contributed by atoms with Crippen molar-refractivity contribution in [1.82, 2.24) is 4.90 Å². The summed E-state index contributed by atoms with van der Waals surface area (Å²) < 4.78 is 0. The van der Waals surface area contributed by atoms with Crippen molar-refractivity contribution in [3.8, 4) is 0 Å². The van der Waals surface area contributed by atoms with Crippen LogP contribution in [0.25, 0.3) is 10.8 Å². The molecule has 2 aliphatic heterocycles. The van der Waals surface area contributed by atoms with Gasteiger partial charge in [-0.1, -0.05) is 30.3 Å². The van der Waals surface area contributed by atoms with Gasteiger partial charge in [0, 0.05) is 5.39 Å². The maximum absolute atomic E-state index is 12.9. The first kappa shape index (κ1) is 16.5. The highest BCUT2D eigenvalue weighted by atomic mass is 32.1. The molecule has 1 saturated heterocycles. The first-order valence-electron chi connectivity index (χ1n) is 9.22. The number of carbonyl (C=O) groups excluding carboxylic acids is 2. The van der Waals surface area contributed by atoms with E-state index in [-0.39, 0.29) is 11.8 Å². The van der Waals surface area contributed by atoms with Crippen molar-refractivity contribution in [3.05, 3.63) is 64.4 Å². The van der Waals surface area contributed by atoms with E-state index in [0.717, 1.165) is 53.1 Å². The van der Waals surface area contributed by atoms with Gasteiger partial charge in [0.25, 0.3) is 11.8 Å². The number of nitrogens with zero attached hydrogens (tertiary/aromatic N) is 2. The Bertz CT molecular complexity index is 1020. The average Bonchev–Trinajstić information content (AvgIpc) is 3.33. The second kappa shape index (κ2) is 6.48. The van der Waals surface area contributed by atoms with Crippen LogP contribution < -0.4 is 9.80 Å². The third-order valence-corrected chi connectivity index (χ3v) is 6.38. The van der Waals surface area contributed by atoms with E-state index in [1.807, 2.05) is 51.6 Å². The Hall–Kier alpha value is -2.70. The quantitative estimate of drug-likeness (QED) is 0.756. The number of rotatable bonds is 3. The standard InChI is InChI=1S/C21H19N3O2S/c25-20-16-6-1-4-15-5-2-7-17(19(15)16)24(20)14-22-9-11-23(12-10-22)21(26)18-8-3-13-27-18/h1-8,13H,9-12,14H2/p+1. The molecule has 6 heteroatoms. The summed E-state index contributed by atoms with van der Waals surface area (Å²) in [6.07, 6.45) is 0. The number of quaternary nitrogens is 1. The Balaban J connectivity index is 1.30. The van der Waals surface area contributed by atoms with Gasteiger partial charge in [0.1, 0.15) is 0 Å². The van der Waals surface area contributed by atoms with Crippen LogP contribution in [0.2, 0.25) is 0 Å². The van der Waals surface area contributed by atoms with Gasteiger partial charge in [-0.15, -0.1) is 11.3 Å². The van der Waals surface area contributed by atoms with Crippen LogP contribution in [0.4, 0.5) is 5.69 Å². The number of anilines is 1. The number of benzene rings is 2. The van der Waals surface area contributed by atoms with Crippen LogP contribution in [0, 0.1) is 0 Å². The fourth-order valence-electron chi connectivity index (χ4n) is 4.10. The second-order valence-electron chi connectivity index (χ2n) is 7.09. The Morgan fingerprint density at radius 1 is 1.04 bits per heavy atom. The number of piperazine rings is 1. The molecule has 0 unspecified atom stereocenters. The minimum atomic E-state index is 0.0893. The highest BCUT2D eigenvalue weighted by molar-refractivity contribution is 7.12. The topological polar surface area (TPSA) is 45.1 Å². The van der Waals surface area contributed by atoms with Crippen molar-refractivity contribution >= 4 is 39.6 Å². The fourth-order valence-corrected chi connectivity index (χ4v) is 4.79. The molecule has 5 rings (SSSR count). The molecule has 3 aromatic rings. The molecule has 1 N–H and O–H groups in total. The fraction of sp³-hybridized carbons (Fsp3) is 0.238. The summed E-state index contributed by atoms with van der Waals surface area (Å²) in [5.41, 5.74) is 1.81. The van der Waals surface area contributed by atoms with Crippen molar-refractivity contribution in [2.75, 3.05) is 37.7 Å². The normalized spacial score (nSPS) is 17.1. The number of amides is 2. The minimum absolute atomic E-state index is 0.0893. The molecule has 1 fully saturated rings. The highest BCUT2D eigenvalue weighted by Gasteiger charge is 2.33. The van der Waals surface area contributed by atoms with Gasteiger partial charge in [-0.05, 0) is 29.0 Å². The first-order chi connectivity index (χ1) is 13.2. The van der Waals surface area contributed by atoms with E-state index in [4.69, 9.17) is 0 Å². The van der Waals surface area contributed by atoms with Crippen LogP contribution in [0.15, 0.2) is 53.9 Å². The smallest absolute Gasteiger partial charge is 0.264 e. The SMILES string of the molecule is O=C(c1cccs1)N1CC[NH+](CN2C(=O)c3cccc4cccc2c34)CC1. The number of hydrogen-bond acceptors (Lipinski definition) is 3. The number of carbonyl (C=O) groups is 2. The van der Waals surface area contributed by atoms with Gasteiger partial charge in [-0.3, -0.25) is 14.5 Å². The lowest BCUT2D eigenvalue weighted by Crippen LogP contribution is -3.16. The molecule has 1 aromatic heterocycles. The Labute approximate surface area is 161 Å². The number of nitrogens with one attached hydrogen (secondary N) is 1. The zero-order valence-electron chi connectivity index (χ0n) is 14.9. The van der Waals surface area contributed by atoms with Crippen LogP contribution in [0.5, 0.6) is 0 Å². The third-order valence-electron chi connectivity index (χ3n) is 5.52.